The fourth-order valence-electron chi connectivity index (χ4n) is 3.59. The van der Waals surface area contributed by atoms with Crippen molar-refractivity contribution in [1.82, 2.24) is 9.88 Å². The zero-order chi connectivity index (χ0) is 11.8. The lowest BCUT2D eigenvalue weighted by molar-refractivity contribution is 0.0814. The molecule has 1 aromatic rings. The summed E-state index contributed by atoms with van der Waals surface area (Å²) in [6.07, 6.45) is 5.90. The molecule has 17 heavy (non-hydrogen) atoms. The van der Waals surface area contributed by atoms with Crippen LogP contribution in [-0.2, 0) is 6.54 Å². The van der Waals surface area contributed by atoms with Crippen LogP contribution < -0.4 is 0 Å². The minimum atomic E-state index is 0.983. The van der Waals surface area contributed by atoms with Gasteiger partial charge in [0.1, 0.15) is 0 Å². The summed E-state index contributed by atoms with van der Waals surface area (Å²) < 4.78 is 0. The van der Waals surface area contributed by atoms with Gasteiger partial charge >= 0.3 is 0 Å². The first-order chi connectivity index (χ1) is 8.20. The number of hydrogen-bond acceptors (Lipinski definition) is 3. The van der Waals surface area contributed by atoms with Crippen molar-refractivity contribution in [2.24, 2.45) is 11.8 Å². The molecule has 0 aromatic carbocycles. The van der Waals surface area contributed by atoms with E-state index < -0.39 is 0 Å². The predicted molar refractivity (Wildman–Crippen MR) is 72.3 cm³/mol. The van der Waals surface area contributed by atoms with Gasteiger partial charge in [-0.15, -0.1) is 11.3 Å². The molecule has 3 heteroatoms. The highest BCUT2D eigenvalue weighted by atomic mass is 32.1. The largest absolute Gasteiger partial charge is 0.298 e. The molecule has 1 saturated carbocycles. The van der Waals surface area contributed by atoms with E-state index in [-0.39, 0.29) is 0 Å². The Morgan fingerprint density at radius 3 is 2.53 bits per heavy atom. The maximum Gasteiger partial charge on any atom is 0.0900 e. The highest BCUT2D eigenvalue weighted by Gasteiger charge is 2.30. The molecule has 3 rings (SSSR count). The van der Waals surface area contributed by atoms with Gasteiger partial charge in [-0.2, -0.15) is 0 Å². The molecule has 1 saturated heterocycles. The van der Waals surface area contributed by atoms with Crippen molar-refractivity contribution < 1.29 is 0 Å². The molecule has 1 aliphatic carbocycles. The van der Waals surface area contributed by atoms with Crippen LogP contribution in [0, 0.1) is 25.7 Å². The number of likely N-dealkylation sites (tertiary alicyclic amines) is 1. The van der Waals surface area contributed by atoms with Crippen molar-refractivity contribution in [3.05, 3.63) is 15.6 Å². The van der Waals surface area contributed by atoms with E-state index >= 15 is 0 Å². The number of thiazole rings is 1. The third-order valence-electron chi connectivity index (χ3n) is 4.29. The Bertz CT molecular complexity index is 387. The van der Waals surface area contributed by atoms with Crippen LogP contribution in [0.25, 0.3) is 0 Å². The average Bonchev–Trinajstić information content (AvgIpc) is 2.57. The van der Waals surface area contributed by atoms with Gasteiger partial charge in [-0.1, -0.05) is 6.42 Å². The van der Waals surface area contributed by atoms with E-state index in [4.69, 9.17) is 0 Å². The van der Waals surface area contributed by atoms with Gasteiger partial charge < -0.3 is 0 Å². The van der Waals surface area contributed by atoms with E-state index in [9.17, 15) is 0 Å². The van der Waals surface area contributed by atoms with Crippen molar-refractivity contribution in [3.8, 4) is 0 Å². The van der Waals surface area contributed by atoms with Gasteiger partial charge in [0.2, 0.25) is 0 Å². The third kappa shape index (κ3) is 2.55. The molecule has 2 atom stereocenters. The van der Waals surface area contributed by atoms with Crippen molar-refractivity contribution in [2.75, 3.05) is 13.1 Å². The SMILES string of the molecule is Cc1nc(C)c(CN2C[C@H]3CCC[C@@H](C3)C2)s1. The molecule has 1 aromatic heterocycles. The molecule has 0 amide bonds. The number of aromatic nitrogens is 1. The zero-order valence-electron chi connectivity index (χ0n) is 10.9. The normalized spacial score (nSPS) is 29.5. The summed E-state index contributed by atoms with van der Waals surface area (Å²) in [5.41, 5.74) is 1.25. The maximum absolute atomic E-state index is 4.54. The lowest BCUT2D eigenvalue weighted by atomic mass is 9.78. The Hall–Kier alpha value is -0.410. The van der Waals surface area contributed by atoms with Crippen LogP contribution in [-0.4, -0.2) is 23.0 Å². The molecular formula is C14H22N2S. The number of rotatable bonds is 2. The van der Waals surface area contributed by atoms with Crippen LogP contribution in [0.5, 0.6) is 0 Å². The Morgan fingerprint density at radius 2 is 1.94 bits per heavy atom. The summed E-state index contributed by atoms with van der Waals surface area (Å²) in [4.78, 5) is 8.71. The number of piperidine rings is 1. The molecule has 2 aliphatic rings. The zero-order valence-corrected chi connectivity index (χ0v) is 11.7. The first kappa shape index (κ1) is 11.7. The molecule has 2 nitrogen and oxygen atoms in total. The van der Waals surface area contributed by atoms with Crippen molar-refractivity contribution >= 4 is 11.3 Å². The predicted octanol–water partition coefficient (Wildman–Crippen LogP) is 3.38. The fraction of sp³-hybridized carbons (Fsp3) is 0.786. The summed E-state index contributed by atoms with van der Waals surface area (Å²) in [7, 11) is 0. The van der Waals surface area contributed by atoms with Crippen LogP contribution in [0.2, 0.25) is 0 Å². The van der Waals surface area contributed by atoms with Crippen LogP contribution in [0.1, 0.15) is 41.3 Å². The van der Waals surface area contributed by atoms with Crippen molar-refractivity contribution in [3.63, 3.8) is 0 Å². The summed E-state index contributed by atoms with van der Waals surface area (Å²) in [6.45, 7) is 8.07. The molecule has 94 valence electrons. The van der Waals surface area contributed by atoms with Crippen molar-refractivity contribution in [2.45, 2.75) is 46.1 Å². The Kier molecular flexibility index (Phi) is 3.22. The molecule has 0 N–H and O–H groups in total. The fourth-order valence-corrected chi connectivity index (χ4v) is 4.57. The minimum absolute atomic E-state index is 0.983. The van der Waals surface area contributed by atoms with E-state index in [1.807, 2.05) is 11.3 Å². The standard InChI is InChI=1S/C14H22N2S/c1-10-14(17-11(2)15-10)9-16-7-12-4-3-5-13(6-12)8-16/h12-13H,3-9H2,1-2H3/t12-,13-/m0/s1. The van der Waals surface area contributed by atoms with E-state index in [1.54, 1.807) is 0 Å². The van der Waals surface area contributed by atoms with Gasteiger partial charge in [0, 0.05) is 24.5 Å². The smallest absolute Gasteiger partial charge is 0.0900 e. The van der Waals surface area contributed by atoms with E-state index in [0.29, 0.717) is 0 Å². The van der Waals surface area contributed by atoms with Crippen LogP contribution in [0.4, 0.5) is 0 Å². The second-order valence-electron chi connectivity index (χ2n) is 5.83. The van der Waals surface area contributed by atoms with Crippen LogP contribution in [0.3, 0.4) is 0 Å². The number of aryl methyl sites for hydroxylation is 2. The first-order valence-corrected chi connectivity index (χ1v) is 7.67. The van der Waals surface area contributed by atoms with E-state index in [2.05, 4.69) is 23.7 Å². The quantitative estimate of drug-likeness (QED) is 0.800. The first-order valence-electron chi connectivity index (χ1n) is 6.86. The van der Waals surface area contributed by atoms with Gasteiger partial charge in [-0.3, -0.25) is 4.90 Å². The van der Waals surface area contributed by atoms with Gasteiger partial charge in [0.25, 0.3) is 0 Å². The molecule has 2 heterocycles. The Balaban J connectivity index is 1.67. The van der Waals surface area contributed by atoms with Crippen molar-refractivity contribution in [1.29, 1.82) is 0 Å². The molecule has 1 aliphatic heterocycles. The van der Waals surface area contributed by atoms with E-state index in [0.717, 1.165) is 18.4 Å². The second-order valence-corrected chi connectivity index (χ2v) is 7.12. The average molecular weight is 250 g/mol. The monoisotopic (exact) mass is 250 g/mol. The van der Waals surface area contributed by atoms with E-state index in [1.165, 1.54) is 54.4 Å². The van der Waals surface area contributed by atoms with Gasteiger partial charge in [-0.25, -0.2) is 4.98 Å². The summed E-state index contributed by atoms with van der Waals surface area (Å²) >= 11 is 1.88. The number of nitrogens with zero attached hydrogens (tertiary/aromatic N) is 2. The van der Waals surface area contributed by atoms with Crippen LogP contribution >= 0.6 is 11.3 Å². The van der Waals surface area contributed by atoms with Gasteiger partial charge in [-0.05, 0) is 44.9 Å². The van der Waals surface area contributed by atoms with Gasteiger partial charge in [0.15, 0.2) is 0 Å². The molecule has 0 radical (unpaired) electrons. The van der Waals surface area contributed by atoms with Crippen LogP contribution in [0.15, 0.2) is 0 Å². The lowest BCUT2D eigenvalue weighted by Crippen LogP contribution is -2.42. The number of hydrogen-bond donors (Lipinski definition) is 0. The maximum atomic E-state index is 4.54. The molecule has 2 fully saturated rings. The highest BCUT2D eigenvalue weighted by Crippen LogP contribution is 2.35. The Morgan fingerprint density at radius 1 is 1.24 bits per heavy atom. The topological polar surface area (TPSA) is 16.1 Å². The molecule has 0 unspecified atom stereocenters. The summed E-state index contributed by atoms with van der Waals surface area (Å²) in [6, 6.07) is 0. The third-order valence-corrected chi connectivity index (χ3v) is 5.35. The minimum Gasteiger partial charge on any atom is -0.298 e. The second kappa shape index (κ2) is 4.69. The summed E-state index contributed by atoms with van der Waals surface area (Å²) in [5, 5.41) is 1.22. The van der Waals surface area contributed by atoms with Gasteiger partial charge in [0.05, 0.1) is 10.7 Å². The Labute approximate surface area is 108 Å². The molecular weight excluding hydrogens is 228 g/mol. The molecule has 2 bridgehead atoms. The lowest BCUT2D eigenvalue weighted by Gasteiger charge is -2.41. The number of fused-ring (bicyclic) bond motifs is 2. The molecule has 0 spiro atoms. The highest BCUT2D eigenvalue weighted by molar-refractivity contribution is 7.11. The summed E-state index contributed by atoms with van der Waals surface area (Å²) in [5.74, 6) is 1.97.